The number of rotatable bonds is 6. The fourth-order valence-corrected chi connectivity index (χ4v) is 4.96. The van der Waals surface area contributed by atoms with Gasteiger partial charge in [-0.2, -0.15) is 0 Å². The summed E-state index contributed by atoms with van der Waals surface area (Å²) in [7, 11) is 0. The Labute approximate surface area is 199 Å². The number of thioether (sulfide) groups is 1. The van der Waals surface area contributed by atoms with E-state index < -0.39 is 10.8 Å². The van der Waals surface area contributed by atoms with Gasteiger partial charge in [0.15, 0.2) is 0 Å². The number of amides is 2. The SMILES string of the molecule is CCc1ccc(N2C(=O)CS[C@@H]2c2cccc(NC(=O)c3ccc(Cl)c([N+](=O)[O-])c3)c2)cc1. The van der Waals surface area contributed by atoms with E-state index in [0.29, 0.717) is 11.4 Å². The van der Waals surface area contributed by atoms with E-state index in [9.17, 15) is 19.7 Å². The first-order chi connectivity index (χ1) is 15.9. The number of nitro benzene ring substituents is 1. The zero-order valence-corrected chi connectivity index (χ0v) is 19.2. The van der Waals surface area contributed by atoms with E-state index in [0.717, 1.165) is 23.7 Å². The molecule has 0 bridgehead atoms. The Morgan fingerprint density at radius 1 is 1.18 bits per heavy atom. The first-order valence-electron chi connectivity index (χ1n) is 10.2. The summed E-state index contributed by atoms with van der Waals surface area (Å²) in [6.07, 6.45) is 0.922. The van der Waals surface area contributed by atoms with E-state index in [1.165, 1.54) is 29.5 Å². The third-order valence-corrected chi connectivity index (χ3v) is 6.86. The molecule has 0 aliphatic carbocycles. The standard InChI is InChI=1S/C24H20ClN3O4S/c1-2-15-6-9-19(10-7-15)27-22(29)14-33-24(27)17-4-3-5-18(12-17)26-23(30)16-8-11-20(25)21(13-16)28(31)32/h3-13,24H,2,14H2,1H3,(H,26,30)/t24-/m1/s1. The number of carbonyl (C=O) groups excluding carboxylic acids is 2. The smallest absolute Gasteiger partial charge is 0.288 e. The fraction of sp³-hybridized carbons (Fsp3) is 0.167. The molecule has 9 heteroatoms. The van der Waals surface area contributed by atoms with E-state index in [1.54, 1.807) is 17.0 Å². The van der Waals surface area contributed by atoms with Crippen molar-refractivity contribution < 1.29 is 14.5 Å². The molecule has 3 aromatic rings. The molecule has 1 N–H and O–H groups in total. The highest BCUT2D eigenvalue weighted by Gasteiger charge is 2.34. The van der Waals surface area contributed by atoms with Crippen molar-refractivity contribution in [2.75, 3.05) is 16.0 Å². The summed E-state index contributed by atoms with van der Waals surface area (Å²) in [4.78, 5) is 37.6. The topological polar surface area (TPSA) is 92.6 Å². The lowest BCUT2D eigenvalue weighted by Crippen LogP contribution is -2.27. The van der Waals surface area contributed by atoms with Crippen molar-refractivity contribution in [2.24, 2.45) is 0 Å². The lowest BCUT2D eigenvalue weighted by Gasteiger charge is -2.25. The Kier molecular flexibility index (Phi) is 6.67. The number of nitrogens with zero attached hydrogens (tertiary/aromatic N) is 2. The van der Waals surface area contributed by atoms with Crippen LogP contribution in [0, 0.1) is 10.1 Å². The van der Waals surface area contributed by atoms with Gasteiger partial charge in [0, 0.05) is 23.0 Å². The molecule has 33 heavy (non-hydrogen) atoms. The van der Waals surface area contributed by atoms with Gasteiger partial charge in [0.25, 0.3) is 11.6 Å². The van der Waals surface area contributed by atoms with Crippen LogP contribution in [0.5, 0.6) is 0 Å². The summed E-state index contributed by atoms with van der Waals surface area (Å²) in [6.45, 7) is 2.08. The second-order valence-electron chi connectivity index (χ2n) is 7.45. The number of hydrogen-bond acceptors (Lipinski definition) is 5. The van der Waals surface area contributed by atoms with Crippen LogP contribution in [0.15, 0.2) is 66.7 Å². The molecule has 1 saturated heterocycles. The van der Waals surface area contributed by atoms with Crippen LogP contribution in [0.25, 0.3) is 0 Å². The molecule has 168 valence electrons. The molecule has 0 spiro atoms. The number of nitrogens with one attached hydrogen (secondary N) is 1. The Hall–Kier alpha value is -3.36. The maximum atomic E-state index is 12.7. The van der Waals surface area contributed by atoms with Crippen molar-refractivity contribution in [3.8, 4) is 0 Å². The number of halogens is 1. The third-order valence-electron chi connectivity index (χ3n) is 5.33. The molecule has 0 unspecified atom stereocenters. The molecule has 0 saturated carbocycles. The normalized spacial score (nSPS) is 15.5. The first-order valence-corrected chi connectivity index (χ1v) is 11.7. The number of hydrogen-bond donors (Lipinski definition) is 1. The molecule has 1 aliphatic heterocycles. The van der Waals surface area contributed by atoms with Crippen molar-refractivity contribution in [1.82, 2.24) is 0 Å². The van der Waals surface area contributed by atoms with Crippen molar-refractivity contribution in [3.05, 3.63) is 98.6 Å². The molecule has 7 nitrogen and oxygen atoms in total. The molecule has 2 amide bonds. The van der Waals surface area contributed by atoms with Gasteiger partial charge in [-0.15, -0.1) is 11.8 Å². The molecule has 3 aromatic carbocycles. The third kappa shape index (κ3) is 4.86. The van der Waals surface area contributed by atoms with E-state index in [4.69, 9.17) is 11.6 Å². The monoisotopic (exact) mass is 481 g/mol. The van der Waals surface area contributed by atoms with E-state index >= 15 is 0 Å². The Morgan fingerprint density at radius 2 is 1.94 bits per heavy atom. The highest BCUT2D eigenvalue weighted by atomic mass is 35.5. The van der Waals surface area contributed by atoms with Gasteiger partial charge in [-0.25, -0.2) is 0 Å². The second kappa shape index (κ2) is 9.64. The average Bonchev–Trinajstić information content (AvgIpc) is 3.20. The van der Waals surface area contributed by atoms with E-state index in [-0.39, 0.29) is 27.6 Å². The number of aryl methyl sites for hydroxylation is 1. The van der Waals surface area contributed by atoms with Gasteiger partial charge in [0.05, 0.1) is 10.7 Å². The minimum absolute atomic E-state index is 0.0251. The number of benzene rings is 3. The number of nitro groups is 1. The summed E-state index contributed by atoms with van der Waals surface area (Å²) in [5.74, 6) is -0.100. The lowest BCUT2D eigenvalue weighted by molar-refractivity contribution is -0.384. The van der Waals surface area contributed by atoms with Crippen LogP contribution in [0.1, 0.15) is 33.8 Å². The van der Waals surface area contributed by atoms with Crippen LogP contribution >= 0.6 is 23.4 Å². The molecule has 0 radical (unpaired) electrons. The molecular weight excluding hydrogens is 462 g/mol. The Morgan fingerprint density at radius 3 is 2.64 bits per heavy atom. The summed E-state index contributed by atoms with van der Waals surface area (Å²) in [6, 6.07) is 19.1. The van der Waals surface area contributed by atoms with Crippen LogP contribution < -0.4 is 10.2 Å². The largest absolute Gasteiger partial charge is 0.322 e. The highest BCUT2D eigenvalue weighted by molar-refractivity contribution is 8.00. The van der Waals surface area contributed by atoms with Crippen molar-refractivity contribution in [3.63, 3.8) is 0 Å². The summed E-state index contributed by atoms with van der Waals surface area (Å²) < 4.78 is 0. The van der Waals surface area contributed by atoms with Gasteiger partial charge in [-0.05, 0) is 53.9 Å². The van der Waals surface area contributed by atoms with Gasteiger partial charge < -0.3 is 5.32 Å². The number of anilines is 2. The van der Waals surface area contributed by atoms with Crippen LogP contribution in [-0.4, -0.2) is 22.5 Å². The van der Waals surface area contributed by atoms with Crippen molar-refractivity contribution in [1.29, 1.82) is 0 Å². The molecule has 1 heterocycles. The van der Waals surface area contributed by atoms with Crippen molar-refractivity contribution >= 4 is 52.2 Å². The maximum absolute atomic E-state index is 12.7. The maximum Gasteiger partial charge on any atom is 0.288 e. The zero-order valence-electron chi connectivity index (χ0n) is 17.7. The second-order valence-corrected chi connectivity index (χ2v) is 8.93. The lowest BCUT2D eigenvalue weighted by atomic mass is 10.1. The summed E-state index contributed by atoms with van der Waals surface area (Å²) >= 11 is 7.36. The van der Waals surface area contributed by atoms with Gasteiger partial charge >= 0.3 is 0 Å². The van der Waals surface area contributed by atoms with Gasteiger partial charge in [-0.1, -0.05) is 42.8 Å². The molecule has 1 fully saturated rings. The van der Waals surface area contributed by atoms with Gasteiger partial charge in [0.2, 0.25) is 5.91 Å². The Balaban J connectivity index is 1.57. The highest BCUT2D eigenvalue weighted by Crippen LogP contribution is 2.42. The molecule has 0 aromatic heterocycles. The van der Waals surface area contributed by atoms with Crippen LogP contribution in [0.3, 0.4) is 0 Å². The Bertz CT molecular complexity index is 1230. The predicted octanol–water partition coefficient (Wildman–Crippen LogP) is 5.84. The molecular formula is C24H20ClN3O4S. The minimum Gasteiger partial charge on any atom is -0.322 e. The molecule has 1 aliphatic rings. The number of carbonyl (C=O) groups is 2. The van der Waals surface area contributed by atoms with Gasteiger partial charge in [-0.3, -0.25) is 24.6 Å². The fourth-order valence-electron chi connectivity index (χ4n) is 3.61. The van der Waals surface area contributed by atoms with E-state index in [2.05, 4.69) is 12.2 Å². The summed E-state index contributed by atoms with van der Waals surface area (Å²) in [5.41, 5.74) is 3.21. The first kappa shape index (κ1) is 22.8. The molecule has 4 rings (SSSR count). The minimum atomic E-state index is -0.629. The zero-order chi connectivity index (χ0) is 23.5. The van der Waals surface area contributed by atoms with Crippen LogP contribution in [0.2, 0.25) is 5.02 Å². The van der Waals surface area contributed by atoms with Crippen LogP contribution in [0.4, 0.5) is 17.1 Å². The molecule has 1 atom stereocenters. The summed E-state index contributed by atoms with van der Waals surface area (Å²) in [5, 5.41) is 13.6. The van der Waals surface area contributed by atoms with Crippen LogP contribution in [-0.2, 0) is 11.2 Å². The van der Waals surface area contributed by atoms with Gasteiger partial charge in [0.1, 0.15) is 10.4 Å². The van der Waals surface area contributed by atoms with Crippen molar-refractivity contribution in [2.45, 2.75) is 18.7 Å². The predicted molar refractivity (Wildman–Crippen MR) is 131 cm³/mol. The van der Waals surface area contributed by atoms with E-state index in [1.807, 2.05) is 36.4 Å². The quantitative estimate of drug-likeness (QED) is 0.352. The average molecular weight is 482 g/mol.